The first-order valence-corrected chi connectivity index (χ1v) is 4.56. The van der Waals surface area contributed by atoms with Crippen molar-refractivity contribution in [3.63, 3.8) is 0 Å². The summed E-state index contributed by atoms with van der Waals surface area (Å²) in [6.45, 7) is -0.00258. The fourth-order valence-electron chi connectivity index (χ4n) is 0.881. The maximum Gasteiger partial charge on any atom is 0.139 e. The third kappa shape index (κ3) is 2.19. The predicted octanol–water partition coefficient (Wildman–Crippen LogP) is 2.78. The molecule has 0 amide bonds. The number of aliphatic hydroxyl groups is 1. The summed E-state index contributed by atoms with van der Waals surface area (Å²) in [6, 6.07) is 2.98. The number of halogens is 3. The lowest BCUT2D eigenvalue weighted by Gasteiger charge is -2.02. The average Bonchev–Trinajstić information content (AvgIpc) is 2.01. The zero-order valence-corrected chi connectivity index (χ0v) is 8.49. The first-order valence-electron chi connectivity index (χ1n) is 3.39. The molecule has 0 spiro atoms. The molecule has 0 aliphatic carbocycles. The van der Waals surface area contributed by atoms with Crippen molar-refractivity contribution in [1.29, 1.82) is 0 Å². The van der Waals surface area contributed by atoms with Crippen LogP contribution in [0, 0.1) is 5.82 Å². The SMILES string of the molecule is OCCc1cc(F)c(Br)c(Cl)c1. The van der Waals surface area contributed by atoms with E-state index in [9.17, 15) is 4.39 Å². The molecule has 0 saturated carbocycles. The molecular formula is C8H7BrClFO. The van der Waals surface area contributed by atoms with Crippen LogP contribution >= 0.6 is 27.5 Å². The number of hydrogen-bond acceptors (Lipinski definition) is 1. The lowest BCUT2D eigenvalue weighted by atomic mass is 10.1. The van der Waals surface area contributed by atoms with E-state index < -0.39 is 5.82 Å². The molecule has 66 valence electrons. The first-order chi connectivity index (χ1) is 5.65. The average molecular weight is 253 g/mol. The Hall–Kier alpha value is -0.120. The molecule has 0 unspecified atom stereocenters. The van der Waals surface area contributed by atoms with Gasteiger partial charge in [0.1, 0.15) is 5.82 Å². The van der Waals surface area contributed by atoms with Crippen molar-refractivity contribution in [3.8, 4) is 0 Å². The number of aliphatic hydroxyl groups excluding tert-OH is 1. The van der Waals surface area contributed by atoms with Crippen LogP contribution in [0.25, 0.3) is 0 Å². The molecule has 4 heteroatoms. The molecule has 1 N–H and O–H groups in total. The van der Waals surface area contributed by atoms with Crippen LogP contribution in [0.2, 0.25) is 5.02 Å². The van der Waals surface area contributed by atoms with Gasteiger partial charge in [-0.05, 0) is 40.0 Å². The van der Waals surface area contributed by atoms with Gasteiger partial charge in [-0.2, -0.15) is 0 Å². The zero-order chi connectivity index (χ0) is 9.14. The van der Waals surface area contributed by atoms with Gasteiger partial charge in [0.2, 0.25) is 0 Å². The highest BCUT2D eigenvalue weighted by molar-refractivity contribution is 9.10. The van der Waals surface area contributed by atoms with Gasteiger partial charge in [-0.3, -0.25) is 0 Å². The summed E-state index contributed by atoms with van der Waals surface area (Å²) in [5.41, 5.74) is 0.697. The third-order valence-corrected chi connectivity index (χ3v) is 2.78. The minimum atomic E-state index is -0.397. The molecule has 0 aliphatic rings. The molecule has 0 aliphatic heterocycles. The van der Waals surface area contributed by atoms with Crippen LogP contribution in [0.3, 0.4) is 0 Å². The molecule has 0 bridgehead atoms. The Kier molecular flexibility index (Phi) is 3.50. The van der Waals surface area contributed by atoms with Gasteiger partial charge in [-0.1, -0.05) is 11.6 Å². The van der Waals surface area contributed by atoms with E-state index >= 15 is 0 Å². The van der Waals surface area contributed by atoms with Gasteiger partial charge in [0.25, 0.3) is 0 Å². The number of hydrogen-bond donors (Lipinski definition) is 1. The van der Waals surface area contributed by atoms with Crippen LogP contribution in [0.15, 0.2) is 16.6 Å². The minimum Gasteiger partial charge on any atom is -0.396 e. The normalized spacial score (nSPS) is 10.3. The van der Waals surface area contributed by atoms with Crippen LogP contribution in [-0.2, 0) is 6.42 Å². The van der Waals surface area contributed by atoms with Crippen LogP contribution in [0.1, 0.15) is 5.56 Å². The quantitative estimate of drug-likeness (QED) is 0.804. The Balaban J connectivity index is 3.04. The monoisotopic (exact) mass is 252 g/mol. The van der Waals surface area contributed by atoms with E-state index in [0.717, 1.165) is 0 Å². The van der Waals surface area contributed by atoms with Crippen molar-refractivity contribution < 1.29 is 9.50 Å². The molecule has 0 aromatic heterocycles. The summed E-state index contributed by atoms with van der Waals surface area (Å²) in [5.74, 6) is -0.397. The van der Waals surface area contributed by atoms with Crippen molar-refractivity contribution in [2.75, 3.05) is 6.61 Å². The molecule has 0 radical (unpaired) electrons. The summed E-state index contributed by atoms with van der Waals surface area (Å²) >= 11 is 8.68. The molecule has 1 rings (SSSR count). The van der Waals surface area contributed by atoms with Gasteiger partial charge in [0.05, 0.1) is 9.50 Å². The topological polar surface area (TPSA) is 20.2 Å². The van der Waals surface area contributed by atoms with E-state index in [0.29, 0.717) is 17.0 Å². The van der Waals surface area contributed by atoms with Crippen molar-refractivity contribution in [2.45, 2.75) is 6.42 Å². The molecule has 12 heavy (non-hydrogen) atoms. The van der Waals surface area contributed by atoms with Crippen LogP contribution < -0.4 is 0 Å². The van der Waals surface area contributed by atoms with E-state index in [4.69, 9.17) is 16.7 Å². The van der Waals surface area contributed by atoms with E-state index in [1.54, 1.807) is 6.07 Å². The highest BCUT2D eigenvalue weighted by atomic mass is 79.9. The minimum absolute atomic E-state index is 0.00258. The Morgan fingerprint density at radius 1 is 1.50 bits per heavy atom. The highest BCUT2D eigenvalue weighted by Crippen LogP contribution is 2.26. The van der Waals surface area contributed by atoms with Gasteiger partial charge >= 0.3 is 0 Å². The largest absolute Gasteiger partial charge is 0.396 e. The van der Waals surface area contributed by atoms with Gasteiger partial charge in [-0.15, -0.1) is 0 Å². The van der Waals surface area contributed by atoms with E-state index in [2.05, 4.69) is 15.9 Å². The second kappa shape index (κ2) is 4.21. The Bertz CT molecular complexity index is 267. The Morgan fingerprint density at radius 2 is 2.17 bits per heavy atom. The van der Waals surface area contributed by atoms with Crippen molar-refractivity contribution in [2.24, 2.45) is 0 Å². The van der Waals surface area contributed by atoms with E-state index in [1.807, 2.05) is 0 Å². The first kappa shape index (κ1) is 9.96. The van der Waals surface area contributed by atoms with Crippen molar-refractivity contribution in [1.82, 2.24) is 0 Å². The summed E-state index contributed by atoms with van der Waals surface area (Å²) in [4.78, 5) is 0. The number of benzene rings is 1. The molecular weight excluding hydrogens is 246 g/mol. The second-order valence-electron chi connectivity index (χ2n) is 2.35. The summed E-state index contributed by atoms with van der Waals surface area (Å²) in [6.07, 6.45) is 0.421. The molecule has 1 aromatic carbocycles. The van der Waals surface area contributed by atoms with Crippen molar-refractivity contribution >= 4 is 27.5 Å². The summed E-state index contributed by atoms with van der Waals surface area (Å²) in [5, 5.41) is 8.93. The summed E-state index contributed by atoms with van der Waals surface area (Å²) in [7, 11) is 0. The van der Waals surface area contributed by atoms with Gasteiger partial charge in [0, 0.05) is 6.61 Å². The fourth-order valence-corrected chi connectivity index (χ4v) is 1.34. The van der Waals surface area contributed by atoms with Gasteiger partial charge in [0.15, 0.2) is 0 Å². The van der Waals surface area contributed by atoms with E-state index in [-0.39, 0.29) is 11.1 Å². The fraction of sp³-hybridized carbons (Fsp3) is 0.250. The maximum atomic E-state index is 13.0. The van der Waals surface area contributed by atoms with Crippen LogP contribution in [0.5, 0.6) is 0 Å². The van der Waals surface area contributed by atoms with Gasteiger partial charge < -0.3 is 5.11 Å². The van der Waals surface area contributed by atoms with Crippen LogP contribution in [-0.4, -0.2) is 11.7 Å². The highest BCUT2D eigenvalue weighted by Gasteiger charge is 2.05. The Labute approximate surface area is 83.3 Å². The summed E-state index contributed by atoms with van der Waals surface area (Å²) < 4.78 is 13.2. The lowest BCUT2D eigenvalue weighted by Crippen LogP contribution is -1.92. The zero-order valence-electron chi connectivity index (χ0n) is 6.15. The van der Waals surface area contributed by atoms with Gasteiger partial charge in [-0.25, -0.2) is 4.39 Å². The second-order valence-corrected chi connectivity index (χ2v) is 3.55. The molecule has 0 heterocycles. The molecule has 0 saturated heterocycles. The van der Waals surface area contributed by atoms with Crippen LogP contribution in [0.4, 0.5) is 4.39 Å². The molecule has 1 aromatic rings. The molecule has 0 fully saturated rings. The molecule has 0 atom stereocenters. The predicted molar refractivity (Wildman–Crippen MR) is 49.9 cm³/mol. The number of rotatable bonds is 2. The standard InChI is InChI=1S/C8H7BrClFO/c9-8-6(10)3-5(1-2-12)4-7(8)11/h3-4,12H,1-2H2. The maximum absolute atomic E-state index is 13.0. The van der Waals surface area contributed by atoms with Crippen molar-refractivity contribution in [3.05, 3.63) is 33.0 Å². The smallest absolute Gasteiger partial charge is 0.139 e. The molecule has 1 nitrogen and oxygen atoms in total. The Morgan fingerprint density at radius 3 is 2.67 bits per heavy atom. The van der Waals surface area contributed by atoms with E-state index in [1.165, 1.54) is 6.07 Å². The third-order valence-electron chi connectivity index (χ3n) is 1.44. The lowest BCUT2D eigenvalue weighted by molar-refractivity contribution is 0.299.